The van der Waals surface area contributed by atoms with Crippen LogP contribution >= 0.6 is 0 Å². The van der Waals surface area contributed by atoms with Crippen LogP contribution in [0.2, 0.25) is 0 Å². The van der Waals surface area contributed by atoms with E-state index in [1.165, 1.54) is 44.1 Å². The first kappa shape index (κ1) is 26.7. The molecular weight excluding hydrogens is 556 g/mol. The quantitative estimate of drug-likeness (QED) is 0.200. The second-order valence-corrected chi connectivity index (χ2v) is 12.8. The van der Waals surface area contributed by atoms with E-state index in [2.05, 4.69) is 164 Å². The van der Waals surface area contributed by atoms with E-state index in [9.17, 15) is 0 Å². The molecule has 2 nitrogen and oxygen atoms in total. The number of hydrogen-bond donors (Lipinski definition) is 0. The minimum Gasteiger partial charge on any atom is -0.309 e. The van der Waals surface area contributed by atoms with Crippen LogP contribution in [0.3, 0.4) is 0 Å². The Kier molecular flexibility index (Phi) is 5.88. The van der Waals surface area contributed by atoms with Gasteiger partial charge in [0.25, 0.3) is 0 Å². The van der Waals surface area contributed by atoms with Crippen LogP contribution < -0.4 is 0 Å². The van der Waals surface area contributed by atoms with E-state index in [-0.39, 0.29) is 5.41 Å². The first-order valence-electron chi connectivity index (χ1n) is 16.0. The molecule has 218 valence electrons. The summed E-state index contributed by atoms with van der Waals surface area (Å²) in [5.41, 5.74) is 15.6. The standard InChI is InChI=1S/C44H32N2/c1-44(2)36-19-11-9-17-34(36)42-37(44)25-26-41-43(42)35-18-10-12-20-40(35)46(41)33-23-21-29(22-24-33)32-27-38(30-13-5-3-6-14-30)45-39(28-32)31-15-7-4-8-16-31/h3-28H,1-2H3. The number of para-hydroxylation sites is 1. The van der Waals surface area contributed by atoms with E-state index in [1.807, 2.05) is 12.1 Å². The van der Waals surface area contributed by atoms with Gasteiger partial charge < -0.3 is 4.57 Å². The Labute approximate surface area is 269 Å². The maximum Gasteiger partial charge on any atom is 0.0715 e. The van der Waals surface area contributed by atoms with Gasteiger partial charge >= 0.3 is 0 Å². The molecule has 8 aromatic rings. The maximum atomic E-state index is 5.08. The Morgan fingerprint density at radius 1 is 0.478 bits per heavy atom. The summed E-state index contributed by atoms with van der Waals surface area (Å²) in [5.74, 6) is 0. The van der Waals surface area contributed by atoms with E-state index in [0.717, 1.165) is 39.3 Å². The highest BCUT2D eigenvalue weighted by Gasteiger charge is 2.37. The molecule has 9 rings (SSSR count). The van der Waals surface area contributed by atoms with Crippen LogP contribution in [0.5, 0.6) is 0 Å². The third kappa shape index (κ3) is 4.00. The van der Waals surface area contributed by atoms with Crippen molar-refractivity contribution in [2.24, 2.45) is 0 Å². The predicted octanol–water partition coefficient (Wildman–Crippen LogP) is 11.5. The van der Waals surface area contributed by atoms with Crippen LogP contribution in [0, 0.1) is 0 Å². The summed E-state index contributed by atoms with van der Waals surface area (Å²) >= 11 is 0. The number of rotatable bonds is 4. The van der Waals surface area contributed by atoms with Gasteiger partial charge in [0.2, 0.25) is 0 Å². The van der Waals surface area contributed by atoms with E-state index in [1.54, 1.807) is 0 Å². The average Bonchev–Trinajstić information content (AvgIpc) is 3.58. The highest BCUT2D eigenvalue weighted by molar-refractivity contribution is 6.17. The van der Waals surface area contributed by atoms with Crippen LogP contribution in [-0.4, -0.2) is 9.55 Å². The van der Waals surface area contributed by atoms with E-state index < -0.39 is 0 Å². The molecule has 0 spiro atoms. The second-order valence-electron chi connectivity index (χ2n) is 12.8. The Hall–Kier alpha value is -5.73. The summed E-state index contributed by atoms with van der Waals surface area (Å²) in [4.78, 5) is 5.08. The van der Waals surface area contributed by atoms with E-state index in [0.29, 0.717) is 0 Å². The monoisotopic (exact) mass is 588 g/mol. The van der Waals surface area contributed by atoms with Crippen LogP contribution in [0.15, 0.2) is 158 Å². The third-order valence-corrected chi connectivity index (χ3v) is 9.80. The SMILES string of the molecule is CC1(C)c2ccccc2-c2c1ccc1c2c2ccccc2n1-c1ccc(-c2cc(-c3ccccc3)nc(-c3ccccc3)c2)cc1. The van der Waals surface area contributed by atoms with Crippen molar-refractivity contribution in [1.82, 2.24) is 9.55 Å². The Morgan fingerprint density at radius 2 is 1.09 bits per heavy atom. The van der Waals surface area contributed by atoms with Gasteiger partial charge in [-0.1, -0.05) is 135 Å². The van der Waals surface area contributed by atoms with Crippen molar-refractivity contribution >= 4 is 21.8 Å². The first-order chi connectivity index (χ1) is 22.6. The Morgan fingerprint density at radius 3 is 1.78 bits per heavy atom. The smallest absolute Gasteiger partial charge is 0.0715 e. The lowest BCUT2D eigenvalue weighted by atomic mass is 9.82. The van der Waals surface area contributed by atoms with Crippen molar-refractivity contribution < 1.29 is 0 Å². The average molecular weight is 589 g/mol. The number of hydrogen-bond acceptors (Lipinski definition) is 1. The van der Waals surface area contributed by atoms with Gasteiger partial charge in [0.1, 0.15) is 0 Å². The van der Waals surface area contributed by atoms with Gasteiger partial charge in [-0.3, -0.25) is 0 Å². The van der Waals surface area contributed by atoms with Crippen molar-refractivity contribution in [3.63, 3.8) is 0 Å². The molecule has 0 atom stereocenters. The molecule has 6 aromatic carbocycles. The molecule has 0 radical (unpaired) electrons. The van der Waals surface area contributed by atoms with Crippen LogP contribution in [0.1, 0.15) is 25.0 Å². The fourth-order valence-electron chi connectivity index (χ4n) is 7.54. The number of nitrogens with zero attached hydrogens (tertiary/aromatic N) is 2. The van der Waals surface area contributed by atoms with Gasteiger partial charge in [0, 0.05) is 33.0 Å². The topological polar surface area (TPSA) is 17.8 Å². The zero-order chi connectivity index (χ0) is 30.8. The molecule has 0 bridgehead atoms. The zero-order valence-corrected chi connectivity index (χ0v) is 25.9. The molecular formula is C44H32N2. The van der Waals surface area contributed by atoms with Gasteiger partial charge in [0.05, 0.1) is 22.4 Å². The molecule has 0 saturated carbocycles. The zero-order valence-electron chi connectivity index (χ0n) is 25.9. The van der Waals surface area contributed by atoms with Crippen LogP contribution in [0.4, 0.5) is 0 Å². The van der Waals surface area contributed by atoms with Gasteiger partial charge in [-0.15, -0.1) is 0 Å². The predicted molar refractivity (Wildman–Crippen MR) is 192 cm³/mol. The lowest BCUT2D eigenvalue weighted by molar-refractivity contribution is 0.661. The number of fused-ring (bicyclic) bond motifs is 7. The summed E-state index contributed by atoms with van der Waals surface area (Å²) in [6.45, 7) is 4.71. The van der Waals surface area contributed by atoms with Crippen LogP contribution in [-0.2, 0) is 5.41 Å². The lowest BCUT2D eigenvalue weighted by Gasteiger charge is -2.21. The highest BCUT2D eigenvalue weighted by atomic mass is 15.0. The van der Waals surface area contributed by atoms with E-state index in [4.69, 9.17) is 4.98 Å². The molecule has 0 aliphatic heterocycles. The van der Waals surface area contributed by atoms with Gasteiger partial charge in [0.15, 0.2) is 0 Å². The molecule has 2 heteroatoms. The van der Waals surface area contributed by atoms with Crippen molar-refractivity contribution in [3.05, 3.63) is 169 Å². The third-order valence-electron chi connectivity index (χ3n) is 9.80. The molecule has 2 heterocycles. The van der Waals surface area contributed by atoms with Crippen molar-refractivity contribution in [3.8, 4) is 50.5 Å². The summed E-state index contributed by atoms with van der Waals surface area (Å²) in [6, 6.07) is 56.8. The summed E-state index contributed by atoms with van der Waals surface area (Å²) < 4.78 is 2.43. The summed E-state index contributed by atoms with van der Waals surface area (Å²) in [6.07, 6.45) is 0. The minimum atomic E-state index is -0.0350. The molecule has 1 aliphatic rings. The highest BCUT2D eigenvalue weighted by Crippen LogP contribution is 2.53. The van der Waals surface area contributed by atoms with Crippen molar-refractivity contribution in [2.45, 2.75) is 19.3 Å². The fourth-order valence-corrected chi connectivity index (χ4v) is 7.54. The normalized spacial score (nSPS) is 13.2. The molecule has 0 fully saturated rings. The fraction of sp³-hybridized carbons (Fsp3) is 0.0682. The summed E-state index contributed by atoms with van der Waals surface area (Å²) in [7, 11) is 0. The number of benzene rings is 6. The maximum absolute atomic E-state index is 5.08. The molecule has 0 unspecified atom stereocenters. The number of pyridine rings is 1. The molecule has 1 aliphatic carbocycles. The molecule has 2 aromatic heterocycles. The number of aromatic nitrogens is 2. The molecule has 0 N–H and O–H groups in total. The Bertz CT molecular complexity index is 2360. The van der Waals surface area contributed by atoms with E-state index >= 15 is 0 Å². The summed E-state index contributed by atoms with van der Waals surface area (Å²) in [5, 5.41) is 2.63. The van der Waals surface area contributed by atoms with Crippen LogP contribution in [0.25, 0.3) is 72.3 Å². The molecule has 0 amide bonds. The largest absolute Gasteiger partial charge is 0.309 e. The lowest BCUT2D eigenvalue weighted by Crippen LogP contribution is -2.14. The second kappa shape index (κ2) is 10.2. The Balaban J connectivity index is 1.21. The van der Waals surface area contributed by atoms with Gasteiger partial charge in [-0.05, 0) is 69.8 Å². The van der Waals surface area contributed by atoms with Gasteiger partial charge in [-0.25, -0.2) is 4.98 Å². The molecule has 46 heavy (non-hydrogen) atoms. The van der Waals surface area contributed by atoms with Crippen molar-refractivity contribution in [2.75, 3.05) is 0 Å². The first-order valence-corrected chi connectivity index (χ1v) is 16.0. The van der Waals surface area contributed by atoms with Crippen molar-refractivity contribution in [1.29, 1.82) is 0 Å². The van der Waals surface area contributed by atoms with Gasteiger partial charge in [-0.2, -0.15) is 0 Å². The molecule has 0 saturated heterocycles. The minimum absolute atomic E-state index is 0.0350.